The molecule has 0 saturated heterocycles. The van der Waals surface area contributed by atoms with Crippen LogP contribution in [0.2, 0.25) is 0 Å². The number of tetrazole rings is 1. The molecule has 3 heterocycles. The molecule has 0 saturated carbocycles. The lowest BCUT2D eigenvalue weighted by molar-refractivity contribution is 0.272. The number of imidazole rings is 1. The second kappa shape index (κ2) is 8.17. The number of benzene rings is 1. The number of nitrogens with zero attached hydrogens (tertiary/aromatic N) is 7. The minimum absolute atomic E-state index is 0.151. The largest absolute Gasteiger partial charge is 0.458 e. The van der Waals surface area contributed by atoms with Gasteiger partial charge in [-0.05, 0) is 46.5 Å². The number of nitrogens with one attached hydrogen (secondary N) is 1. The number of para-hydroxylation sites is 2. The summed E-state index contributed by atoms with van der Waals surface area (Å²) in [4.78, 5) is 9.25. The number of pyridine rings is 1. The Bertz CT molecular complexity index is 1220. The van der Waals surface area contributed by atoms with E-state index in [0.29, 0.717) is 12.0 Å². The van der Waals surface area contributed by atoms with Crippen LogP contribution in [0.15, 0.2) is 54.7 Å². The third-order valence-electron chi connectivity index (χ3n) is 4.53. The van der Waals surface area contributed by atoms with E-state index in [2.05, 4.69) is 58.2 Å². The van der Waals surface area contributed by atoms with Gasteiger partial charge in [0.2, 0.25) is 0 Å². The van der Waals surface area contributed by atoms with Crippen molar-refractivity contribution in [3.8, 4) is 12.0 Å². The summed E-state index contributed by atoms with van der Waals surface area (Å²) in [7, 11) is 1.77. The van der Waals surface area contributed by atoms with E-state index >= 15 is 0 Å². The van der Waals surface area contributed by atoms with Crippen molar-refractivity contribution in [2.24, 2.45) is 12.5 Å². The average Bonchev–Trinajstić information content (AvgIpc) is 3.27. The van der Waals surface area contributed by atoms with Gasteiger partial charge >= 0.3 is 6.01 Å². The van der Waals surface area contributed by atoms with Crippen molar-refractivity contribution in [3.63, 3.8) is 0 Å². The van der Waals surface area contributed by atoms with Crippen LogP contribution in [-0.2, 0) is 13.7 Å². The molecule has 0 spiro atoms. The first-order valence-corrected chi connectivity index (χ1v) is 10.0. The van der Waals surface area contributed by atoms with E-state index in [0.717, 1.165) is 34.7 Å². The lowest BCUT2D eigenvalue weighted by atomic mass is 9.91. The molecule has 0 amide bonds. The van der Waals surface area contributed by atoms with Gasteiger partial charge in [0, 0.05) is 12.7 Å². The van der Waals surface area contributed by atoms with Gasteiger partial charge in [0.05, 0.1) is 16.7 Å². The number of ether oxygens (including phenoxy) is 1. The van der Waals surface area contributed by atoms with Crippen LogP contribution >= 0.6 is 0 Å². The monoisotopic (exact) mass is 418 g/mol. The Morgan fingerprint density at radius 1 is 1.10 bits per heavy atom. The molecule has 0 aliphatic carbocycles. The van der Waals surface area contributed by atoms with E-state index < -0.39 is 0 Å². The van der Waals surface area contributed by atoms with Crippen LogP contribution in [0.3, 0.4) is 0 Å². The molecule has 9 heteroatoms. The van der Waals surface area contributed by atoms with Gasteiger partial charge in [-0.1, -0.05) is 50.6 Å². The molecule has 0 radical (unpaired) electrons. The second-order valence-electron chi connectivity index (χ2n) is 8.59. The summed E-state index contributed by atoms with van der Waals surface area (Å²) in [5, 5.41) is 15.1. The minimum Gasteiger partial charge on any atom is -0.458 e. The fraction of sp³-hybridized carbons (Fsp3) is 0.318. The van der Waals surface area contributed by atoms with Crippen molar-refractivity contribution >= 4 is 16.9 Å². The number of hydrogen-bond acceptors (Lipinski definition) is 7. The highest BCUT2D eigenvalue weighted by Gasteiger charge is 2.18. The Morgan fingerprint density at radius 3 is 2.65 bits per heavy atom. The molecular formula is C22H26N8O. The fourth-order valence-electron chi connectivity index (χ4n) is 3.34. The van der Waals surface area contributed by atoms with Gasteiger partial charge in [-0.15, -0.1) is 0 Å². The molecule has 1 aromatic carbocycles. The Hall–Kier alpha value is -3.75. The molecule has 0 bridgehead atoms. The van der Waals surface area contributed by atoms with Crippen LogP contribution in [0.1, 0.15) is 32.9 Å². The number of fused-ring (bicyclic) bond motifs is 1. The van der Waals surface area contributed by atoms with Gasteiger partial charge in [0.1, 0.15) is 12.4 Å². The lowest BCUT2D eigenvalue weighted by Crippen LogP contribution is -2.12. The number of aryl methyl sites for hydroxylation is 1. The average molecular weight is 419 g/mol. The topological polar surface area (TPSA) is 95.6 Å². The zero-order valence-electron chi connectivity index (χ0n) is 18.2. The van der Waals surface area contributed by atoms with Gasteiger partial charge in [-0.2, -0.15) is 4.98 Å². The maximum atomic E-state index is 6.06. The molecule has 3 aromatic heterocycles. The predicted octanol–water partition coefficient (Wildman–Crippen LogP) is 3.88. The van der Waals surface area contributed by atoms with Crippen molar-refractivity contribution in [1.29, 1.82) is 0 Å². The predicted molar refractivity (Wildman–Crippen MR) is 119 cm³/mol. The quantitative estimate of drug-likeness (QED) is 0.486. The number of allylic oxidation sites excluding steroid dienone is 1. The molecule has 4 rings (SSSR count). The SMILES string of the molecule is C=C(CC(C)(C)C)Nc1cccc(COc2nc3ccccc3n2-c2nnnn2C)n1. The maximum absolute atomic E-state index is 6.06. The van der Waals surface area contributed by atoms with Crippen LogP contribution in [0.4, 0.5) is 5.82 Å². The van der Waals surface area contributed by atoms with Crippen molar-refractivity contribution < 1.29 is 4.74 Å². The summed E-state index contributed by atoms with van der Waals surface area (Å²) in [5.41, 5.74) is 3.50. The molecule has 0 unspecified atom stereocenters. The van der Waals surface area contributed by atoms with E-state index in [1.54, 1.807) is 16.3 Å². The summed E-state index contributed by atoms with van der Waals surface area (Å²) in [6, 6.07) is 13.9. The standard InChI is InChI=1S/C22H26N8O/c1-15(13-22(2,3)4)23-19-12-8-9-16(24-19)14-31-21-25-17-10-6-7-11-18(17)30(21)20-26-27-28-29(20)5/h6-12H,1,13-14H2,2-5H3,(H,23,24). The number of hydrogen-bond donors (Lipinski definition) is 1. The molecule has 0 fully saturated rings. The van der Waals surface area contributed by atoms with Gasteiger partial charge in [0.25, 0.3) is 5.95 Å². The van der Waals surface area contributed by atoms with Crippen LogP contribution in [0.25, 0.3) is 17.0 Å². The summed E-state index contributed by atoms with van der Waals surface area (Å²) >= 11 is 0. The minimum atomic E-state index is 0.151. The molecule has 0 aliphatic rings. The van der Waals surface area contributed by atoms with Gasteiger partial charge < -0.3 is 10.1 Å². The Kier molecular flexibility index (Phi) is 5.41. The zero-order chi connectivity index (χ0) is 22.0. The van der Waals surface area contributed by atoms with Crippen molar-refractivity contribution in [1.82, 2.24) is 34.7 Å². The van der Waals surface area contributed by atoms with Gasteiger partial charge in [0.15, 0.2) is 0 Å². The smallest absolute Gasteiger partial charge is 0.305 e. The van der Waals surface area contributed by atoms with E-state index in [-0.39, 0.29) is 12.0 Å². The third kappa shape index (κ3) is 4.71. The Labute approximate surface area is 180 Å². The lowest BCUT2D eigenvalue weighted by Gasteiger charge is -2.20. The molecule has 1 N–H and O–H groups in total. The Morgan fingerprint density at radius 2 is 1.90 bits per heavy atom. The van der Waals surface area contributed by atoms with E-state index in [1.807, 2.05) is 42.5 Å². The van der Waals surface area contributed by atoms with E-state index in [1.165, 1.54) is 0 Å². The third-order valence-corrected chi connectivity index (χ3v) is 4.53. The molecule has 4 aromatic rings. The number of rotatable bonds is 7. The van der Waals surface area contributed by atoms with Crippen LogP contribution < -0.4 is 10.1 Å². The first-order valence-electron chi connectivity index (χ1n) is 10.0. The first-order chi connectivity index (χ1) is 14.8. The molecule has 160 valence electrons. The van der Waals surface area contributed by atoms with Crippen LogP contribution in [0.5, 0.6) is 6.01 Å². The number of anilines is 1. The summed E-state index contributed by atoms with van der Waals surface area (Å²) in [6.07, 6.45) is 0.852. The normalized spacial score (nSPS) is 11.6. The van der Waals surface area contributed by atoms with Gasteiger partial charge in [-0.3, -0.25) is 0 Å². The second-order valence-corrected chi connectivity index (χ2v) is 8.59. The van der Waals surface area contributed by atoms with Crippen molar-refractivity contribution in [3.05, 3.63) is 60.4 Å². The van der Waals surface area contributed by atoms with Crippen molar-refractivity contribution in [2.45, 2.75) is 33.8 Å². The highest BCUT2D eigenvalue weighted by Crippen LogP contribution is 2.26. The fourth-order valence-corrected chi connectivity index (χ4v) is 3.34. The van der Waals surface area contributed by atoms with Crippen molar-refractivity contribution in [2.75, 3.05) is 5.32 Å². The summed E-state index contributed by atoms with van der Waals surface area (Å²) in [5.74, 6) is 1.26. The maximum Gasteiger partial charge on any atom is 0.305 e. The van der Waals surface area contributed by atoms with Gasteiger partial charge in [-0.25, -0.2) is 14.2 Å². The van der Waals surface area contributed by atoms with Crippen LogP contribution in [-0.4, -0.2) is 34.7 Å². The molecule has 0 atom stereocenters. The zero-order valence-corrected chi connectivity index (χ0v) is 18.2. The number of aromatic nitrogens is 7. The molecule has 31 heavy (non-hydrogen) atoms. The molecule has 0 aliphatic heterocycles. The Balaban J connectivity index is 1.55. The summed E-state index contributed by atoms with van der Waals surface area (Å²) < 4.78 is 9.43. The highest BCUT2D eigenvalue weighted by atomic mass is 16.5. The first kappa shape index (κ1) is 20.5. The van der Waals surface area contributed by atoms with E-state index in [4.69, 9.17) is 4.74 Å². The molecule has 9 nitrogen and oxygen atoms in total. The van der Waals surface area contributed by atoms with E-state index in [9.17, 15) is 0 Å². The highest BCUT2D eigenvalue weighted by molar-refractivity contribution is 5.78. The van der Waals surface area contributed by atoms with Crippen LogP contribution in [0, 0.1) is 5.41 Å². The molecular weight excluding hydrogens is 392 g/mol. The summed E-state index contributed by atoms with van der Waals surface area (Å²) in [6.45, 7) is 10.9.